The van der Waals surface area contributed by atoms with E-state index in [0.717, 1.165) is 5.69 Å². The van der Waals surface area contributed by atoms with E-state index >= 15 is 0 Å². The molecular formula is C9H15N3O2. The number of nitrogens with one attached hydrogen (secondary N) is 1. The maximum atomic E-state index is 11.1. The maximum absolute atomic E-state index is 11.1. The van der Waals surface area contributed by atoms with E-state index in [9.17, 15) is 4.79 Å². The van der Waals surface area contributed by atoms with Crippen molar-refractivity contribution in [1.29, 1.82) is 0 Å². The summed E-state index contributed by atoms with van der Waals surface area (Å²) < 4.78 is 0. The Balaban J connectivity index is 2.85. The lowest BCUT2D eigenvalue weighted by Gasteiger charge is -2.31. The molecule has 1 aromatic rings. The van der Waals surface area contributed by atoms with Gasteiger partial charge in [0.25, 0.3) is 0 Å². The fourth-order valence-corrected chi connectivity index (χ4v) is 1.17. The van der Waals surface area contributed by atoms with E-state index in [2.05, 4.69) is 9.97 Å². The average molecular weight is 197 g/mol. The Labute approximate surface area is 82.8 Å². The number of carbonyl (C=O) groups is 1. The van der Waals surface area contributed by atoms with Crippen LogP contribution in [0.5, 0.6) is 0 Å². The van der Waals surface area contributed by atoms with Gasteiger partial charge in [-0.25, -0.2) is 4.98 Å². The third-order valence-electron chi connectivity index (χ3n) is 2.53. The fourth-order valence-electron chi connectivity index (χ4n) is 1.17. The van der Waals surface area contributed by atoms with Gasteiger partial charge in [-0.1, -0.05) is 0 Å². The Morgan fingerprint density at radius 2 is 2.36 bits per heavy atom. The molecule has 0 bridgehead atoms. The van der Waals surface area contributed by atoms with Gasteiger partial charge in [-0.2, -0.15) is 0 Å². The molecule has 0 amide bonds. The number of aromatic nitrogens is 2. The van der Waals surface area contributed by atoms with E-state index in [1.54, 1.807) is 38.4 Å². The molecule has 1 rings (SSSR count). The van der Waals surface area contributed by atoms with Crippen LogP contribution in [-0.4, -0.2) is 45.6 Å². The molecule has 1 heterocycles. The molecule has 78 valence electrons. The van der Waals surface area contributed by atoms with Crippen molar-refractivity contribution < 1.29 is 9.90 Å². The number of aromatic amines is 1. The first-order valence-corrected chi connectivity index (χ1v) is 4.35. The second-order valence-corrected chi connectivity index (χ2v) is 3.71. The number of H-pyrrole nitrogens is 1. The van der Waals surface area contributed by atoms with Gasteiger partial charge in [0.2, 0.25) is 0 Å². The number of nitrogens with zero attached hydrogens (tertiary/aromatic N) is 2. The molecule has 1 aromatic heterocycles. The van der Waals surface area contributed by atoms with Gasteiger partial charge in [0.15, 0.2) is 0 Å². The normalized spacial score (nSPS) is 15.4. The molecule has 0 saturated heterocycles. The number of carboxylic acids is 1. The SMILES string of the molecule is CN(C)[C@@](C)(Cc1c[nH]cn1)C(=O)O. The van der Waals surface area contributed by atoms with Crippen LogP contribution in [0.1, 0.15) is 12.6 Å². The van der Waals surface area contributed by atoms with Gasteiger partial charge in [0, 0.05) is 12.6 Å². The lowest BCUT2D eigenvalue weighted by molar-refractivity contribution is -0.148. The van der Waals surface area contributed by atoms with Crippen LogP contribution in [0.4, 0.5) is 0 Å². The van der Waals surface area contributed by atoms with Crippen LogP contribution in [0.2, 0.25) is 0 Å². The zero-order chi connectivity index (χ0) is 10.8. The molecule has 1 atom stereocenters. The molecule has 2 N–H and O–H groups in total. The summed E-state index contributed by atoms with van der Waals surface area (Å²) in [6.07, 6.45) is 3.65. The quantitative estimate of drug-likeness (QED) is 0.731. The molecule has 0 aliphatic heterocycles. The number of hydrogen-bond acceptors (Lipinski definition) is 3. The first kappa shape index (κ1) is 10.7. The monoisotopic (exact) mass is 197 g/mol. The molecule has 0 unspecified atom stereocenters. The Kier molecular flexibility index (Phi) is 2.90. The number of carboxylic acid groups (broad SMARTS) is 1. The first-order chi connectivity index (χ1) is 6.47. The van der Waals surface area contributed by atoms with E-state index in [-0.39, 0.29) is 0 Å². The Hall–Kier alpha value is -1.36. The summed E-state index contributed by atoms with van der Waals surface area (Å²) in [5.74, 6) is -0.842. The summed E-state index contributed by atoms with van der Waals surface area (Å²) >= 11 is 0. The van der Waals surface area contributed by atoms with Crippen molar-refractivity contribution >= 4 is 5.97 Å². The van der Waals surface area contributed by atoms with Crippen LogP contribution in [0, 0.1) is 0 Å². The van der Waals surface area contributed by atoms with Crippen molar-refractivity contribution in [2.75, 3.05) is 14.1 Å². The van der Waals surface area contributed by atoms with Crippen LogP contribution >= 0.6 is 0 Å². The minimum Gasteiger partial charge on any atom is -0.480 e. The molecule has 0 aliphatic rings. The van der Waals surface area contributed by atoms with E-state index in [1.165, 1.54) is 0 Å². The molecular weight excluding hydrogens is 182 g/mol. The molecule has 0 fully saturated rings. The van der Waals surface area contributed by atoms with Crippen LogP contribution < -0.4 is 0 Å². The van der Waals surface area contributed by atoms with Gasteiger partial charge >= 0.3 is 5.97 Å². The number of aliphatic carboxylic acids is 1. The standard InChI is InChI=1S/C9H15N3O2/c1-9(8(13)14,12(2)3)4-7-5-10-6-11-7/h5-6H,4H2,1-3H3,(H,10,11)(H,13,14)/t9-/m0/s1. The molecule has 14 heavy (non-hydrogen) atoms. The topological polar surface area (TPSA) is 69.2 Å². The average Bonchev–Trinajstić information content (AvgIpc) is 2.55. The maximum Gasteiger partial charge on any atom is 0.324 e. The van der Waals surface area contributed by atoms with Crippen molar-refractivity contribution in [2.45, 2.75) is 18.9 Å². The van der Waals surface area contributed by atoms with E-state index in [1.807, 2.05) is 0 Å². The van der Waals surface area contributed by atoms with Crippen LogP contribution in [0.3, 0.4) is 0 Å². The second-order valence-electron chi connectivity index (χ2n) is 3.71. The van der Waals surface area contributed by atoms with Gasteiger partial charge in [-0.3, -0.25) is 9.69 Å². The number of rotatable bonds is 4. The van der Waals surface area contributed by atoms with E-state index in [0.29, 0.717) is 6.42 Å². The molecule has 0 saturated carbocycles. The Bertz CT molecular complexity index is 308. The molecule has 0 aliphatic carbocycles. The lowest BCUT2D eigenvalue weighted by atomic mass is 9.95. The Morgan fingerprint density at radius 1 is 1.71 bits per heavy atom. The summed E-state index contributed by atoms with van der Waals surface area (Å²) in [7, 11) is 3.50. The van der Waals surface area contributed by atoms with Gasteiger partial charge in [0.1, 0.15) is 5.54 Å². The molecule has 0 radical (unpaired) electrons. The largest absolute Gasteiger partial charge is 0.480 e. The predicted octanol–water partition coefficient (Wildman–Crippen LogP) is 0.357. The third-order valence-corrected chi connectivity index (χ3v) is 2.53. The summed E-state index contributed by atoms with van der Waals surface area (Å²) in [5, 5.41) is 9.12. The number of hydrogen-bond donors (Lipinski definition) is 2. The molecule has 5 nitrogen and oxygen atoms in total. The van der Waals surface area contributed by atoms with Crippen molar-refractivity contribution in [3.8, 4) is 0 Å². The van der Waals surface area contributed by atoms with Gasteiger partial charge in [-0.05, 0) is 21.0 Å². The second kappa shape index (κ2) is 3.79. The zero-order valence-corrected chi connectivity index (χ0v) is 8.61. The van der Waals surface area contributed by atoms with Crippen LogP contribution in [0.15, 0.2) is 12.5 Å². The highest BCUT2D eigenvalue weighted by atomic mass is 16.4. The van der Waals surface area contributed by atoms with Crippen molar-refractivity contribution in [1.82, 2.24) is 14.9 Å². The molecule has 0 spiro atoms. The first-order valence-electron chi connectivity index (χ1n) is 4.35. The molecule has 0 aromatic carbocycles. The van der Waals surface area contributed by atoms with Crippen molar-refractivity contribution in [3.05, 3.63) is 18.2 Å². The Morgan fingerprint density at radius 3 is 2.71 bits per heavy atom. The lowest BCUT2D eigenvalue weighted by Crippen LogP contribution is -2.50. The van der Waals surface area contributed by atoms with E-state index in [4.69, 9.17) is 5.11 Å². The summed E-state index contributed by atoms with van der Waals surface area (Å²) in [4.78, 5) is 19.6. The van der Waals surface area contributed by atoms with Crippen molar-refractivity contribution in [3.63, 3.8) is 0 Å². The highest BCUT2D eigenvalue weighted by Gasteiger charge is 2.36. The van der Waals surface area contributed by atoms with Crippen LogP contribution in [-0.2, 0) is 11.2 Å². The van der Waals surface area contributed by atoms with Gasteiger partial charge < -0.3 is 10.1 Å². The van der Waals surface area contributed by atoms with Crippen LogP contribution in [0.25, 0.3) is 0 Å². The minimum atomic E-state index is -0.908. The third kappa shape index (κ3) is 1.93. The van der Waals surface area contributed by atoms with Gasteiger partial charge in [0.05, 0.1) is 12.0 Å². The minimum absolute atomic E-state index is 0.388. The van der Waals surface area contributed by atoms with Gasteiger partial charge in [-0.15, -0.1) is 0 Å². The summed E-state index contributed by atoms with van der Waals surface area (Å²) in [5.41, 5.74) is -0.154. The van der Waals surface area contributed by atoms with Crippen molar-refractivity contribution in [2.24, 2.45) is 0 Å². The highest BCUT2D eigenvalue weighted by Crippen LogP contribution is 2.17. The highest BCUT2D eigenvalue weighted by molar-refractivity contribution is 5.78. The summed E-state index contributed by atoms with van der Waals surface area (Å²) in [6, 6.07) is 0. The van der Waals surface area contributed by atoms with E-state index < -0.39 is 11.5 Å². The number of likely N-dealkylation sites (N-methyl/N-ethyl adjacent to an activating group) is 1. The number of imidazole rings is 1. The summed E-state index contributed by atoms with van der Waals surface area (Å²) in [6.45, 7) is 1.68. The predicted molar refractivity (Wildman–Crippen MR) is 52.0 cm³/mol. The smallest absolute Gasteiger partial charge is 0.324 e. The molecule has 5 heteroatoms. The fraction of sp³-hybridized carbons (Fsp3) is 0.556. The zero-order valence-electron chi connectivity index (χ0n) is 8.61.